The monoisotopic (exact) mass is 882 g/mol. The number of esters is 1. The summed E-state index contributed by atoms with van der Waals surface area (Å²) in [5, 5.41) is 23.8. The van der Waals surface area contributed by atoms with Gasteiger partial charge in [-0.3, -0.25) is 9.59 Å². The van der Waals surface area contributed by atoms with Crippen LogP contribution in [0.2, 0.25) is 0 Å². The Kier molecular flexibility index (Phi) is 48.6. The second kappa shape index (κ2) is 50.6. The number of hydrogen-bond donors (Lipinski definition) is 3. The van der Waals surface area contributed by atoms with Crippen molar-refractivity contribution in [2.45, 2.75) is 283 Å². The first-order chi connectivity index (χ1) is 31.0. The third kappa shape index (κ3) is 45.9. The van der Waals surface area contributed by atoms with Gasteiger partial charge >= 0.3 is 5.97 Å². The Morgan fingerprint density at radius 2 is 0.873 bits per heavy atom. The summed E-state index contributed by atoms with van der Waals surface area (Å²) in [5.74, 6) is -0.514. The Morgan fingerprint density at radius 3 is 1.37 bits per heavy atom. The third-order valence-electron chi connectivity index (χ3n) is 12.2. The molecule has 3 N–H and O–H groups in total. The van der Waals surface area contributed by atoms with Crippen LogP contribution < -0.4 is 5.32 Å². The first kappa shape index (κ1) is 60.6. The molecule has 0 fully saturated rings. The molecule has 6 nitrogen and oxygen atoms in total. The number of carbonyl (C=O) groups excluding carboxylic acids is 2. The molecule has 0 aromatic carbocycles. The molecule has 0 aromatic heterocycles. The minimum absolute atomic E-state index is 0.0493. The van der Waals surface area contributed by atoms with E-state index in [2.05, 4.69) is 62.5 Å². The van der Waals surface area contributed by atoms with E-state index in [0.717, 1.165) is 70.6 Å². The van der Waals surface area contributed by atoms with Gasteiger partial charge in [-0.05, 0) is 70.6 Å². The molecule has 0 saturated heterocycles. The van der Waals surface area contributed by atoms with Crippen molar-refractivity contribution >= 4 is 11.9 Å². The minimum Gasteiger partial charge on any atom is -0.462 e. The summed E-state index contributed by atoms with van der Waals surface area (Å²) in [5.41, 5.74) is 0. The lowest BCUT2D eigenvalue weighted by Gasteiger charge is -2.24. The van der Waals surface area contributed by atoms with Gasteiger partial charge in [-0.15, -0.1) is 0 Å². The van der Waals surface area contributed by atoms with Gasteiger partial charge in [0.15, 0.2) is 0 Å². The SMILES string of the molecule is CC/C=C/C=C/C=C/C=C\CCCCCC(CC(=O)NC(CO)C(O)CCCCCCCCCCCCCCCC)OC(=O)CCCCCCCCC/C=C/CCCCCCCC. The number of amides is 1. The molecule has 3 unspecified atom stereocenters. The van der Waals surface area contributed by atoms with E-state index in [1.807, 2.05) is 24.3 Å². The molecule has 63 heavy (non-hydrogen) atoms. The summed E-state index contributed by atoms with van der Waals surface area (Å²) in [6.07, 6.45) is 62.8. The maximum atomic E-state index is 13.2. The van der Waals surface area contributed by atoms with Gasteiger partial charge in [0.1, 0.15) is 6.10 Å². The highest BCUT2D eigenvalue weighted by atomic mass is 16.5. The highest BCUT2D eigenvalue weighted by molar-refractivity contribution is 5.77. The summed E-state index contributed by atoms with van der Waals surface area (Å²) in [7, 11) is 0. The number of nitrogens with one attached hydrogen (secondary N) is 1. The van der Waals surface area contributed by atoms with Gasteiger partial charge in [0.2, 0.25) is 5.91 Å². The third-order valence-corrected chi connectivity index (χ3v) is 12.2. The molecule has 0 aliphatic heterocycles. The van der Waals surface area contributed by atoms with Gasteiger partial charge in [-0.1, -0.05) is 242 Å². The number of allylic oxidation sites excluding steroid dienone is 10. The van der Waals surface area contributed by atoms with E-state index in [-0.39, 0.29) is 24.9 Å². The van der Waals surface area contributed by atoms with E-state index < -0.39 is 18.2 Å². The molecule has 3 atom stereocenters. The number of aliphatic hydroxyl groups excluding tert-OH is 2. The van der Waals surface area contributed by atoms with Gasteiger partial charge in [0.05, 0.1) is 25.2 Å². The predicted molar refractivity (Wildman–Crippen MR) is 273 cm³/mol. The minimum atomic E-state index is -0.800. The van der Waals surface area contributed by atoms with Crippen molar-refractivity contribution in [1.29, 1.82) is 0 Å². The van der Waals surface area contributed by atoms with Crippen LogP contribution in [-0.4, -0.2) is 46.9 Å². The van der Waals surface area contributed by atoms with Crippen LogP contribution in [0.25, 0.3) is 0 Å². The van der Waals surface area contributed by atoms with E-state index in [9.17, 15) is 19.8 Å². The Labute approximate surface area is 390 Å². The zero-order valence-electron chi connectivity index (χ0n) is 41.7. The zero-order valence-corrected chi connectivity index (χ0v) is 41.7. The summed E-state index contributed by atoms with van der Waals surface area (Å²) >= 11 is 0. The maximum Gasteiger partial charge on any atom is 0.306 e. The van der Waals surface area contributed by atoms with E-state index >= 15 is 0 Å². The lowest BCUT2D eigenvalue weighted by molar-refractivity contribution is -0.151. The number of ether oxygens (including phenoxy) is 1. The molecular formula is C57H103NO5. The van der Waals surface area contributed by atoms with Crippen LogP contribution in [0, 0.1) is 0 Å². The summed E-state index contributed by atoms with van der Waals surface area (Å²) in [4.78, 5) is 26.2. The van der Waals surface area contributed by atoms with Gasteiger partial charge in [0, 0.05) is 6.42 Å². The lowest BCUT2D eigenvalue weighted by atomic mass is 10.0. The molecule has 6 heteroatoms. The highest BCUT2D eigenvalue weighted by Gasteiger charge is 2.24. The predicted octanol–water partition coefficient (Wildman–Crippen LogP) is 16.4. The number of hydrogen-bond acceptors (Lipinski definition) is 5. The second-order valence-electron chi connectivity index (χ2n) is 18.3. The van der Waals surface area contributed by atoms with E-state index in [1.54, 1.807) is 0 Å². The fourth-order valence-corrected chi connectivity index (χ4v) is 8.08. The molecule has 366 valence electrons. The van der Waals surface area contributed by atoms with Gasteiger partial charge < -0.3 is 20.3 Å². The van der Waals surface area contributed by atoms with Gasteiger partial charge in [-0.25, -0.2) is 0 Å². The van der Waals surface area contributed by atoms with Crippen molar-refractivity contribution in [2.75, 3.05) is 6.61 Å². The first-order valence-corrected chi connectivity index (χ1v) is 27.1. The standard InChI is InChI=1S/C57H103NO5/c1-4-7-10-13-16-19-22-25-27-28-29-32-35-38-41-44-47-50-57(62)63-53(48-45-42-39-36-33-30-24-21-18-15-12-9-6-3)51-56(61)58-54(52-59)55(60)49-46-43-40-37-34-31-26-23-20-17-14-11-8-5-2/h9,12,15,18,21,24-25,27,30,33,53-55,59-60H,4-8,10-11,13-14,16-17,19-20,22-23,26,28-29,31-32,34-52H2,1-3H3,(H,58,61)/b12-9+,18-15+,24-21+,27-25+,33-30-. The molecule has 0 rings (SSSR count). The average Bonchev–Trinajstić information content (AvgIpc) is 3.28. The molecular weight excluding hydrogens is 779 g/mol. The van der Waals surface area contributed by atoms with Crippen LogP contribution in [0.3, 0.4) is 0 Å². The Bertz CT molecular complexity index is 1130. The van der Waals surface area contributed by atoms with Crippen LogP contribution >= 0.6 is 0 Å². The highest BCUT2D eigenvalue weighted by Crippen LogP contribution is 2.18. The molecule has 0 heterocycles. The summed E-state index contributed by atoms with van der Waals surface area (Å²) < 4.78 is 5.92. The van der Waals surface area contributed by atoms with Crippen molar-refractivity contribution < 1.29 is 24.5 Å². The van der Waals surface area contributed by atoms with Crippen LogP contribution in [0.5, 0.6) is 0 Å². The summed E-state index contributed by atoms with van der Waals surface area (Å²) in [6.45, 7) is 6.34. The molecule has 0 aliphatic rings. The Balaban J connectivity index is 4.59. The van der Waals surface area contributed by atoms with Gasteiger partial charge in [-0.2, -0.15) is 0 Å². The van der Waals surface area contributed by atoms with Crippen molar-refractivity contribution in [2.24, 2.45) is 0 Å². The fourth-order valence-electron chi connectivity index (χ4n) is 8.08. The fraction of sp³-hybridized carbons (Fsp3) is 0.789. The quantitative estimate of drug-likeness (QED) is 0.0245. The number of unbranched alkanes of at least 4 members (excludes halogenated alkanes) is 29. The largest absolute Gasteiger partial charge is 0.462 e. The lowest BCUT2D eigenvalue weighted by Crippen LogP contribution is -2.46. The van der Waals surface area contributed by atoms with E-state index in [0.29, 0.717) is 19.3 Å². The zero-order chi connectivity index (χ0) is 45.9. The topological polar surface area (TPSA) is 95.9 Å². The number of aliphatic hydroxyl groups is 2. The molecule has 0 spiro atoms. The van der Waals surface area contributed by atoms with Crippen molar-refractivity contribution in [3.05, 3.63) is 60.8 Å². The normalized spacial score (nSPS) is 13.7. The smallest absolute Gasteiger partial charge is 0.306 e. The average molecular weight is 882 g/mol. The maximum absolute atomic E-state index is 13.2. The van der Waals surface area contributed by atoms with E-state index in [4.69, 9.17) is 4.74 Å². The molecule has 0 aliphatic carbocycles. The molecule has 0 radical (unpaired) electrons. The molecule has 0 bridgehead atoms. The van der Waals surface area contributed by atoms with Crippen molar-refractivity contribution in [3.8, 4) is 0 Å². The summed E-state index contributed by atoms with van der Waals surface area (Å²) in [6, 6.07) is -0.716. The first-order valence-electron chi connectivity index (χ1n) is 27.1. The van der Waals surface area contributed by atoms with Crippen LogP contribution in [0.4, 0.5) is 0 Å². The van der Waals surface area contributed by atoms with Crippen molar-refractivity contribution in [3.63, 3.8) is 0 Å². The Morgan fingerprint density at radius 1 is 0.476 bits per heavy atom. The molecule has 0 saturated carbocycles. The number of carbonyl (C=O) groups is 2. The van der Waals surface area contributed by atoms with E-state index in [1.165, 1.54) is 148 Å². The number of rotatable bonds is 48. The van der Waals surface area contributed by atoms with Gasteiger partial charge in [0.25, 0.3) is 0 Å². The molecule has 1 amide bonds. The van der Waals surface area contributed by atoms with Crippen LogP contribution in [0.1, 0.15) is 265 Å². The van der Waals surface area contributed by atoms with Crippen LogP contribution in [0.15, 0.2) is 60.8 Å². The Hall–Kier alpha value is -2.44. The van der Waals surface area contributed by atoms with Crippen molar-refractivity contribution in [1.82, 2.24) is 5.32 Å². The molecule has 0 aromatic rings. The second-order valence-corrected chi connectivity index (χ2v) is 18.3. The van der Waals surface area contributed by atoms with Crippen LogP contribution in [-0.2, 0) is 14.3 Å².